The van der Waals surface area contributed by atoms with Crippen LogP contribution in [0, 0.1) is 17.8 Å². The number of ether oxygens (including phenoxy) is 1. The molecule has 19 heavy (non-hydrogen) atoms. The number of hydrogen-bond donors (Lipinski definition) is 1. The summed E-state index contributed by atoms with van der Waals surface area (Å²) in [5, 5.41) is 3.57. The highest BCUT2D eigenvalue weighted by atomic mass is 16.5. The van der Waals surface area contributed by atoms with E-state index in [0.717, 1.165) is 44.0 Å². The Bertz CT molecular complexity index is 265. The van der Waals surface area contributed by atoms with Crippen molar-refractivity contribution in [1.29, 1.82) is 0 Å². The molecule has 1 heterocycles. The average Bonchev–Trinajstić information content (AvgIpc) is 2.44. The molecule has 112 valence electrons. The Balaban J connectivity index is 1.95. The predicted octanol–water partition coefficient (Wildman–Crippen LogP) is 2.37. The van der Waals surface area contributed by atoms with Crippen LogP contribution < -0.4 is 5.32 Å². The van der Waals surface area contributed by atoms with Crippen LogP contribution in [0.4, 0.5) is 0 Å². The fourth-order valence-electron chi connectivity index (χ4n) is 3.88. The number of hydrogen-bond acceptors (Lipinski definition) is 3. The number of nitrogens with one attached hydrogen (secondary N) is 1. The predicted molar refractivity (Wildman–Crippen MR) is 80.4 cm³/mol. The van der Waals surface area contributed by atoms with Gasteiger partial charge in [-0.2, -0.15) is 0 Å². The molecule has 5 atom stereocenters. The molecule has 2 rings (SSSR count). The molecule has 1 aliphatic heterocycles. The van der Waals surface area contributed by atoms with Crippen LogP contribution in [-0.2, 0) is 4.74 Å². The largest absolute Gasteiger partial charge is 0.374 e. The standard InChI is InChI=1S/C16H32N2O/c1-5-18-8-9-19-15(11-18)16(17-4)14-7-6-12(2)13(3)10-14/h12-17H,5-11H2,1-4H3. The summed E-state index contributed by atoms with van der Waals surface area (Å²) < 4.78 is 6.07. The van der Waals surface area contributed by atoms with Gasteiger partial charge in [0, 0.05) is 19.1 Å². The van der Waals surface area contributed by atoms with Gasteiger partial charge in [0.15, 0.2) is 0 Å². The van der Waals surface area contributed by atoms with Gasteiger partial charge in [0.2, 0.25) is 0 Å². The van der Waals surface area contributed by atoms with E-state index in [0.29, 0.717) is 12.1 Å². The normalized spacial score (nSPS) is 39.2. The van der Waals surface area contributed by atoms with E-state index in [2.05, 4.69) is 38.0 Å². The van der Waals surface area contributed by atoms with Gasteiger partial charge in [-0.25, -0.2) is 0 Å². The third-order valence-electron chi connectivity index (χ3n) is 5.51. The topological polar surface area (TPSA) is 24.5 Å². The molecule has 0 spiro atoms. The van der Waals surface area contributed by atoms with Crippen molar-refractivity contribution in [2.75, 3.05) is 33.3 Å². The zero-order chi connectivity index (χ0) is 13.8. The maximum absolute atomic E-state index is 6.07. The van der Waals surface area contributed by atoms with Crippen molar-refractivity contribution in [2.45, 2.75) is 52.2 Å². The summed E-state index contributed by atoms with van der Waals surface area (Å²) in [6, 6.07) is 0.532. The SMILES string of the molecule is CCN1CCOC(C(NC)C2CCC(C)C(C)C2)C1. The highest BCUT2D eigenvalue weighted by molar-refractivity contribution is 4.90. The van der Waals surface area contributed by atoms with Crippen LogP contribution in [0.1, 0.15) is 40.0 Å². The summed E-state index contributed by atoms with van der Waals surface area (Å²) in [5.74, 6) is 2.55. The second kappa shape index (κ2) is 7.05. The van der Waals surface area contributed by atoms with Crippen molar-refractivity contribution in [2.24, 2.45) is 17.8 Å². The third-order valence-corrected chi connectivity index (χ3v) is 5.51. The van der Waals surface area contributed by atoms with Crippen LogP contribution >= 0.6 is 0 Å². The Morgan fingerprint density at radius 2 is 2.05 bits per heavy atom. The highest BCUT2D eigenvalue weighted by Gasteiger charge is 2.35. The minimum absolute atomic E-state index is 0.379. The molecule has 1 aliphatic carbocycles. The molecule has 3 nitrogen and oxygen atoms in total. The van der Waals surface area contributed by atoms with Gasteiger partial charge in [-0.1, -0.05) is 27.2 Å². The zero-order valence-electron chi connectivity index (χ0n) is 13.2. The minimum Gasteiger partial charge on any atom is -0.374 e. The summed E-state index contributed by atoms with van der Waals surface area (Å²) in [4.78, 5) is 2.52. The number of rotatable bonds is 4. The van der Waals surface area contributed by atoms with E-state index in [1.807, 2.05) is 0 Å². The first-order chi connectivity index (χ1) is 9.15. The average molecular weight is 268 g/mol. The Kier molecular flexibility index (Phi) is 5.67. The summed E-state index contributed by atoms with van der Waals surface area (Å²) in [7, 11) is 2.11. The van der Waals surface area contributed by atoms with E-state index in [-0.39, 0.29) is 0 Å². The summed E-state index contributed by atoms with van der Waals surface area (Å²) in [6.07, 6.45) is 4.49. The molecule has 5 unspecified atom stereocenters. The lowest BCUT2D eigenvalue weighted by atomic mass is 9.72. The number of nitrogens with zero attached hydrogens (tertiary/aromatic N) is 1. The fraction of sp³-hybridized carbons (Fsp3) is 1.00. The minimum atomic E-state index is 0.379. The van der Waals surface area contributed by atoms with Gasteiger partial charge in [-0.05, 0) is 44.2 Å². The summed E-state index contributed by atoms with van der Waals surface area (Å²) in [6.45, 7) is 11.3. The molecule has 1 saturated heterocycles. The summed E-state index contributed by atoms with van der Waals surface area (Å²) in [5.41, 5.74) is 0. The van der Waals surface area contributed by atoms with Gasteiger partial charge < -0.3 is 10.1 Å². The van der Waals surface area contributed by atoms with E-state index in [1.54, 1.807) is 0 Å². The first kappa shape index (κ1) is 15.3. The van der Waals surface area contributed by atoms with Crippen LogP contribution in [0.2, 0.25) is 0 Å². The molecule has 0 aromatic heterocycles. The van der Waals surface area contributed by atoms with Gasteiger partial charge in [0.25, 0.3) is 0 Å². The first-order valence-electron chi connectivity index (χ1n) is 8.16. The molecule has 0 bridgehead atoms. The van der Waals surface area contributed by atoms with Gasteiger partial charge in [0.1, 0.15) is 0 Å². The van der Waals surface area contributed by atoms with Gasteiger partial charge in [-0.15, -0.1) is 0 Å². The second-order valence-corrected chi connectivity index (χ2v) is 6.64. The van der Waals surface area contributed by atoms with E-state index in [4.69, 9.17) is 4.74 Å². The zero-order valence-corrected chi connectivity index (χ0v) is 13.2. The first-order valence-corrected chi connectivity index (χ1v) is 8.16. The van der Waals surface area contributed by atoms with Crippen LogP contribution in [0.5, 0.6) is 0 Å². The van der Waals surface area contributed by atoms with E-state index < -0.39 is 0 Å². The molecule has 0 radical (unpaired) electrons. The third kappa shape index (κ3) is 3.71. The van der Waals surface area contributed by atoms with Crippen molar-refractivity contribution >= 4 is 0 Å². The highest BCUT2D eigenvalue weighted by Crippen LogP contribution is 2.36. The monoisotopic (exact) mass is 268 g/mol. The Labute approximate surface area is 119 Å². The van der Waals surface area contributed by atoms with Crippen molar-refractivity contribution in [3.8, 4) is 0 Å². The molecular weight excluding hydrogens is 236 g/mol. The molecule has 0 aromatic carbocycles. The molecule has 0 amide bonds. The van der Waals surface area contributed by atoms with Crippen LogP contribution in [0.3, 0.4) is 0 Å². The van der Waals surface area contributed by atoms with Gasteiger partial charge in [-0.3, -0.25) is 4.90 Å². The van der Waals surface area contributed by atoms with Gasteiger partial charge >= 0.3 is 0 Å². The Hall–Kier alpha value is -0.120. The number of morpholine rings is 1. The Morgan fingerprint density at radius 1 is 1.26 bits per heavy atom. The smallest absolute Gasteiger partial charge is 0.0857 e. The Morgan fingerprint density at radius 3 is 2.68 bits per heavy atom. The van der Waals surface area contributed by atoms with Crippen LogP contribution in [0.15, 0.2) is 0 Å². The van der Waals surface area contributed by atoms with E-state index in [9.17, 15) is 0 Å². The van der Waals surface area contributed by atoms with Crippen LogP contribution in [0.25, 0.3) is 0 Å². The molecular formula is C16H32N2O. The quantitative estimate of drug-likeness (QED) is 0.847. The van der Waals surface area contributed by atoms with E-state index in [1.165, 1.54) is 19.3 Å². The summed E-state index contributed by atoms with van der Waals surface area (Å²) >= 11 is 0. The van der Waals surface area contributed by atoms with E-state index >= 15 is 0 Å². The maximum Gasteiger partial charge on any atom is 0.0857 e. The lowest BCUT2D eigenvalue weighted by Gasteiger charge is -2.43. The molecule has 1 saturated carbocycles. The van der Waals surface area contributed by atoms with Crippen molar-refractivity contribution < 1.29 is 4.74 Å². The van der Waals surface area contributed by atoms with Crippen LogP contribution in [-0.4, -0.2) is 50.3 Å². The molecule has 0 aromatic rings. The molecule has 2 aliphatic rings. The maximum atomic E-state index is 6.07. The van der Waals surface area contributed by atoms with Crippen molar-refractivity contribution in [1.82, 2.24) is 10.2 Å². The molecule has 2 fully saturated rings. The second-order valence-electron chi connectivity index (χ2n) is 6.64. The molecule has 1 N–H and O–H groups in total. The fourth-order valence-corrected chi connectivity index (χ4v) is 3.88. The number of likely N-dealkylation sites (N-methyl/N-ethyl adjacent to an activating group) is 2. The van der Waals surface area contributed by atoms with Gasteiger partial charge in [0.05, 0.1) is 12.7 Å². The van der Waals surface area contributed by atoms with Crippen molar-refractivity contribution in [3.63, 3.8) is 0 Å². The lowest BCUT2D eigenvalue weighted by molar-refractivity contribution is -0.0596. The molecule has 3 heteroatoms. The lowest BCUT2D eigenvalue weighted by Crippen LogP contribution is -2.55. The van der Waals surface area contributed by atoms with Crippen molar-refractivity contribution in [3.05, 3.63) is 0 Å².